The molecule has 1 heterocycles. The molecule has 0 spiro atoms. The van der Waals surface area contributed by atoms with Gasteiger partial charge in [-0.15, -0.1) is 0 Å². The first-order valence-electron chi connectivity index (χ1n) is 5.71. The molecule has 0 radical (unpaired) electrons. The molecule has 0 fully saturated rings. The van der Waals surface area contributed by atoms with Gasteiger partial charge in [0, 0.05) is 5.69 Å². The number of nitrogens with zero attached hydrogens (tertiary/aromatic N) is 1. The molecule has 0 saturated heterocycles. The van der Waals surface area contributed by atoms with E-state index in [4.69, 9.17) is 0 Å². The van der Waals surface area contributed by atoms with Crippen LogP contribution < -0.4 is 4.72 Å². The zero-order chi connectivity index (χ0) is 14.0. The Morgan fingerprint density at radius 3 is 2.42 bits per heavy atom. The molecular weight excluding hydrogens is 266 g/mol. The molecule has 102 valence electrons. The van der Waals surface area contributed by atoms with E-state index >= 15 is 0 Å². The molecule has 0 aliphatic rings. The summed E-state index contributed by atoms with van der Waals surface area (Å²) in [7, 11) is -3.64. The lowest BCUT2D eigenvalue weighted by atomic mass is 10.1. The number of aryl methyl sites for hydroxylation is 1. The Kier molecular flexibility index (Phi) is 3.59. The average Bonchev–Trinajstić information content (AvgIpc) is 2.76. The summed E-state index contributed by atoms with van der Waals surface area (Å²) in [6, 6.07) is 6.56. The van der Waals surface area contributed by atoms with Crippen LogP contribution in [0.5, 0.6) is 0 Å². The Morgan fingerprint density at radius 1 is 1.32 bits per heavy atom. The van der Waals surface area contributed by atoms with Gasteiger partial charge in [-0.25, -0.2) is 8.42 Å². The van der Waals surface area contributed by atoms with Gasteiger partial charge in [0.15, 0.2) is 0 Å². The summed E-state index contributed by atoms with van der Waals surface area (Å²) < 4.78 is 26.6. The molecule has 19 heavy (non-hydrogen) atoms. The third kappa shape index (κ3) is 2.94. The Labute approximate surface area is 111 Å². The lowest BCUT2D eigenvalue weighted by molar-refractivity contribution is 0.199. The number of rotatable bonds is 4. The van der Waals surface area contributed by atoms with Crippen LogP contribution in [-0.4, -0.2) is 23.7 Å². The van der Waals surface area contributed by atoms with Crippen LogP contribution >= 0.6 is 0 Å². The molecule has 2 aromatic rings. The Balaban J connectivity index is 2.24. The van der Waals surface area contributed by atoms with Gasteiger partial charge in [-0.2, -0.15) is 5.10 Å². The fraction of sp³-hybridized carbons (Fsp3) is 0.250. The molecule has 0 aliphatic heterocycles. The molecule has 7 heteroatoms. The van der Waals surface area contributed by atoms with Gasteiger partial charge in [-0.1, -0.05) is 12.1 Å². The van der Waals surface area contributed by atoms with E-state index in [1.807, 2.05) is 0 Å². The van der Waals surface area contributed by atoms with Gasteiger partial charge < -0.3 is 5.11 Å². The number of hydrogen-bond donors (Lipinski definition) is 3. The SMILES string of the molecule is Cc1[nH]ncc1S(=O)(=O)Nc1ccc(C(C)O)cc1. The summed E-state index contributed by atoms with van der Waals surface area (Å²) >= 11 is 0. The van der Waals surface area contributed by atoms with Gasteiger partial charge in [-0.3, -0.25) is 9.82 Å². The normalized spacial score (nSPS) is 13.2. The number of sulfonamides is 1. The van der Waals surface area contributed by atoms with Crippen molar-refractivity contribution in [3.05, 3.63) is 41.7 Å². The third-order valence-electron chi connectivity index (χ3n) is 2.72. The number of anilines is 1. The van der Waals surface area contributed by atoms with Crippen molar-refractivity contribution in [3.8, 4) is 0 Å². The molecule has 1 aromatic carbocycles. The first-order chi connectivity index (χ1) is 8.90. The molecular formula is C12H15N3O3S. The van der Waals surface area contributed by atoms with Gasteiger partial charge in [0.05, 0.1) is 18.0 Å². The number of aliphatic hydroxyl groups is 1. The predicted molar refractivity (Wildman–Crippen MR) is 71.2 cm³/mol. The number of nitrogens with one attached hydrogen (secondary N) is 2. The van der Waals surface area contributed by atoms with E-state index < -0.39 is 16.1 Å². The van der Waals surface area contributed by atoms with Crippen LogP contribution in [-0.2, 0) is 10.0 Å². The number of H-pyrrole nitrogens is 1. The number of benzene rings is 1. The minimum absolute atomic E-state index is 0.118. The zero-order valence-electron chi connectivity index (χ0n) is 10.6. The lowest BCUT2D eigenvalue weighted by Gasteiger charge is -2.09. The molecule has 1 unspecified atom stereocenters. The second-order valence-electron chi connectivity index (χ2n) is 4.26. The highest BCUT2D eigenvalue weighted by molar-refractivity contribution is 7.92. The first-order valence-corrected chi connectivity index (χ1v) is 7.19. The fourth-order valence-electron chi connectivity index (χ4n) is 1.65. The summed E-state index contributed by atoms with van der Waals surface area (Å²) in [6.07, 6.45) is 0.684. The molecule has 1 atom stereocenters. The Morgan fingerprint density at radius 2 is 1.95 bits per heavy atom. The van der Waals surface area contributed by atoms with E-state index in [1.165, 1.54) is 6.20 Å². The largest absolute Gasteiger partial charge is 0.389 e. The summed E-state index contributed by atoms with van der Waals surface area (Å²) in [5.74, 6) is 0. The van der Waals surface area contributed by atoms with Gasteiger partial charge >= 0.3 is 0 Å². The Bertz CT molecular complexity index is 660. The molecule has 6 nitrogen and oxygen atoms in total. The highest BCUT2D eigenvalue weighted by atomic mass is 32.2. The van der Waals surface area contributed by atoms with Crippen molar-refractivity contribution in [3.63, 3.8) is 0 Å². The van der Waals surface area contributed by atoms with Gasteiger partial charge in [0.1, 0.15) is 4.90 Å². The third-order valence-corrected chi connectivity index (χ3v) is 4.21. The maximum Gasteiger partial charge on any atom is 0.265 e. The van der Waals surface area contributed by atoms with Crippen LogP contribution in [0, 0.1) is 6.92 Å². The predicted octanol–water partition coefficient (Wildman–Crippen LogP) is 1.57. The standard InChI is InChI=1S/C12H15N3O3S/c1-8-12(7-13-14-8)19(17,18)15-11-5-3-10(4-6-11)9(2)16/h3-7,9,15-16H,1-2H3,(H,13,14). The second kappa shape index (κ2) is 5.02. The monoisotopic (exact) mass is 281 g/mol. The number of aromatic nitrogens is 2. The van der Waals surface area contributed by atoms with E-state index in [0.717, 1.165) is 5.56 Å². The smallest absolute Gasteiger partial charge is 0.265 e. The van der Waals surface area contributed by atoms with Crippen molar-refractivity contribution >= 4 is 15.7 Å². The fourth-order valence-corrected chi connectivity index (χ4v) is 2.85. The number of aliphatic hydroxyl groups excluding tert-OH is 1. The second-order valence-corrected chi connectivity index (χ2v) is 5.91. The van der Waals surface area contributed by atoms with Crippen LogP contribution in [0.4, 0.5) is 5.69 Å². The molecule has 3 N–H and O–H groups in total. The molecule has 0 amide bonds. The minimum Gasteiger partial charge on any atom is -0.389 e. The summed E-state index contributed by atoms with van der Waals surface area (Å²) in [5, 5.41) is 15.7. The number of aromatic amines is 1. The summed E-state index contributed by atoms with van der Waals surface area (Å²) in [6.45, 7) is 3.28. The van der Waals surface area contributed by atoms with E-state index in [2.05, 4.69) is 14.9 Å². The molecule has 0 bridgehead atoms. The highest BCUT2D eigenvalue weighted by Crippen LogP contribution is 2.19. The van der Waals surface area contributed by atoms with Crippen LogP contribution in [0.15, 0.2) is 35.4 Å². The summed E-state index contributed by atoms with van der Waals surface area (Å²) in [4.78, 5) is 0.118. The van der Waals surface area contributed by atoms with Crippen molar-refractivity contribution in [2.24, 2.45) is 0 Å². The number of hydrogen-bond acceptors (Lipinski definition) is 4. The van der Waals surface area contributed by atoms with Crippen LogP contribution in [0.25, 0.3) is 0 Å². The topological polar surface area (TPSA) is 95.1 Å². The van der Waals surface area contributed by atoms with Crippen LogP contribution in [0.2, 0.25) is 0 Å². The van der Waals surface area contributed by atoms with Crippen molar-refractivity contribution in [1.29, 1.82) is 0 Å². The van der Waals surface area contributed by atoms with Gasteiger partial charge in [-0.05, 0) is 31.5 Å². The molecule has 0 saturated carbocycles. The van der Waals surface area contributed by atoms with Crippen molar-refractivity contribution < 1.29 is 13.5 Å². The highest BCUT2D eigenvalue weighted by Gasteiger charge is 2.18. The van der Waals surface area contributed by atoms with Gasteiger partial charge in [0.25, 0.3) is 10.0 Å². The van der Waals surface area contributed by atoms with Crippen molar-refractivity contribution in [2.75, 3.05) is 4.72 Å². The van der Waals surface area contributed by atoms with E-state index in [0.29, 0.717) is 11.4 Å². The molecule has 2 rings (SSSR count). The lowest BCUT2D eigenvalue weighted by Crippen LogP contribution is -2.13. The quantitative estimate of drug-likeness (QED) is 0.792. The van der Waals surface area contributed by atoms with Crippen molar-refractivity contribution in [2.45, 2.75) is 24.8 Å². The zero-order valence-corrected chi connectivity index (χ0v) is 11.4. The Hall–Kier alpha value is -1.86. The van der Waals surface area contributed by atoms with E-state index in [1.54, 1.807) is 38.1 Å². The maximum atomic E-state index is 12.1. The average molecular weight is 281 g/mol. The van der Waals surface area contributed by atoms with E-state index in [9.17, 15) is 13.5 Å². The van der Waals surface area contributed by atoms with Crippen LogP contribution in [0.1, 0.15) is 24.3 Å². The first kappa shape index (κ1) is 13.6. The summed E-state index contributed by atoms with van der Waals surface area (Å²) in [5.41, 5.74) is 1.64. The van der Waals surface area contributed by atoms with E-state index in [-0.39, 0.29) is 4.90 Å². The van der Waals surface area contributed by atoms with Crippen molar-refractivity contribution in [1.82, 2.24) is 10.2 Å². The molecule has 0 aliphatic carbocycles. The molecule has 1 aromatic heterocycles. The van der Waals surface area contributed by atoms with Gasteiger partial charge in [0.2, 0.25) is 0 Å². The minimum atomic E-state index is -3.64. The van der Waals surface area contributed by atoms with Crippen LogP contribution in [0.3, 0.4) is 0 Å². The maximum absolute atomic E-state index is 12.1.